The van der Waals surface area contributed by atoms with Crippen molar-refractivity contribution in [3.8, 4) is 23.0 Å². The Kier molecular flexibility index (Phi) is 13.9. The van der Waals surface area contributed by atoms with Gasteiger partial charge in [-0.2, -0.15) is 0 Å². The van der Waals surface area contributed by atoms with Crippen LogP contribution in [0.15, 0.2) is 36.4 Å². The molecular formula is C32H48O4. The van der Waals surface area contributed by atoms with Crippen molar-refractivity contribution in [2.75, 3.05) is 27.4 Å². The number of hydrogen-bond acceptors (Lipinski definition) is 4. The normalized spacial score (nSPS) is 12.9. The molecule has 0 radical (unpaired) electrons. The van der Waals surface area contributed by atoms with Gasteiger partial charge in [-0.15, -0.1) is 0 Å². The largest absolute Gasteiger partial charge is 0.496 e. The monoisotopic (exact) mass is 496 g/mol. The van der Waals surface area contributed by atoms with E-state index in [0.717, 1.165) is 60.2 Å². The van der Waals surface area contributed by atoms with E-state index in [0.29, 0.717) is 11.8 Å². The van der Waals surface area contributed by atoms with Gasteiger partial charge in [0.05, 0.1) is 27.4 Å². The highest BCUT2D eigenvalue weighted by Gasteiger charge is 2.11. The predicted molar refractivity (Wildman–Crippen MR) is 153 cm³/mol. The van der Waals surface area contributed by atoms with Crippen LogP contribution in [0, 0.1) is 11.8 Å². The highest BCUT2D eigenvalue weighted by Crippen LogP contribution is 2.30. The second kappa shape index (κ2) is 16.9. The van der Waals surface area contributed by atoms with Crippen molar-refractivity contribution in [2.45, 2.75) is 79.1 Å². The third-order valence-corrected chi connectivity index (χ3v) is 6.90. The number of hydrogen-bond donors (Lipinski definition) is 0. The first-order valence-corrected chi connectivity index (χ1v) is 13.9. The van der Waals surface area contributed by atoms with Gasteiger partial charge >= 0.3 is 0 Å². The number of unbranched alkanes of at least 4 members (excludes halogenated alkanes) is 2. The van der Waals surface area contributed by atoms with Crippen molar-refractivity contribution in [2.24, 2.45) is 11.8 Å². The van der Waals surface area contributed by atoms with Crippen molar-refractivity contribution in [3.63, 3.8) is 0 Å². The Morgan fingerprint density at radius 3 is 1.39 bits per heavy atom. The lowest BCUT2D eigenvalue weighted by atomic mass is 10.0. The molecule has 0 N–H and O–H groups in total. The van der Waals surface area contributed by atoms with Crippen molar-refractivity contribution in [1.82, 2.24) is 0 Å². The SMILES string of the molecule is CCCCC(CC)COc1ccc(OC)c(/C=C/c2cc(OCC(CC)CCCC)ccc2OC)c1. The fourth-order valence-corrected chi connectivity index (χ4v) is 4.27. The summed E-state index contributed by atoms with van der Waals surface area (Å²) in [6, 6.07) is 12.0. The van der Waals surface area contributed by atoms with E-state index in [-0.39, 0.29) is 0 Å². The second-order valence-electron chi connectivity index (χ2n) is 9.60. The van der Waals surface area contributed by atoms with Gasteiger partial charge in [0.2, 0.25) is 0 Å². The molecule has 0 spiro atoms. The van der Waals surface area contributed by atoms with E-state index < -0.39 is 0 Å². The van der Waals surface area contributed by atoms with Crippen LogP contribution in [0.1, 0.15) is 90.2 Å². The minimum absolute atomic E-state index is 0.590. The van der Waals surface area contributed by atoms with Crippen LogP contribution in [-0.4, -0.2) is 27.4 Å². The van der Waals surface area contributed by atoms with Crippen LogP contribution in [0.4, 0.5) is 0 Å². The molecule has 2 aromatic rings. The van der Waals surface area contributed by atoms with E-state index in [1.54, 1.807) is 14.2 Å². The number of ether oxygens (including phenoxy) is 4. The van der Waals surface area contributed by atoms with Gasteiger partial charge in [-0.05, 0) is 61.1 Å². The molecule has 0 heterocycles. The molecule has 0 aromatic heterocycles. The molecule has 0 bridgehead atoms. The highest BCUT2D eigenvalue weighted by atomic mass is 16.5. The predicted octanol–water partition coefficient (Wildman–Crippen LogP) is 9.06. The van der Waals surface area contributed by atoms with Crippen LogP contribution in [0.3, 0.4) is 0 Å². The van der Waals surface area contributed by atoms with Crippen LogP contribution in [0.5, 0.6) is 23.0 Å². The summed E-state index contributed by atoms with van der Waals surface area (Å²) in [4.78, 5) is 0. The summed E-state index contributed by atoms with van der Waals surface area (Å²) in [5, 5.41) is 0. The summed E-state index contributed by atoms with van der Waals surface area (Å²) < 4.78 is 23.6. The fraction of sp³-hybridized carbons (Fsp3) is 0.562. The Labute approximate surface area is 220 Å². The minimum atomic E-state index is 0.590. The summed E-state index contributed by atoms with van der Waals surface area (Å²) in [5.41, 5.74) is 1.94. The van der Waals surface area contributed by atoms with E-state index in [9.17, 15) is 0 Å². The van der Waals surface area contributed by atoms with Crippen molar-refractivity contribution in [1.29, 1.82) is 0 Å². The number of benzene rings is 2. The summed E-state index contributed by atoms with van der Waals surface area (Å²) in [7, 11) is 3.39. The standard InChI is InChI=1S/C32H48O4/c1-7-11-13-25(9-3)23-35-29-17-19-31(33-5)27(21-29)15-16-28-22-30(18-20-32(28)34-6)36-24-26(10-4)14-12-8-2/h15-22,25-26H,7-14,23-24H2,1-6H3/b16-15+. The van der Waals surface area contributed by atoms with E-state index in [1.807, 2.05) is 36.4 Å². The first-order chi connectivity index (χ1) is 17.6. The van der Waals surface area contributed by atoms with Gasteiger partial charge < -0.3 is 18.9 Å². The summed E-state index contributed by atoms with van der Waals surface area (Å²) in [5.74, 6) is 4.54. The second-order valence-corrected chi connectivity index (χ2v) is 9.60. The van der Waals surface area contributed by atoms with Crippen LogP contribution < -0.4 is 18.9 Å². The molecule has 2 atom stereocenters. The lowest BCUT2D eigenvalue weighted by Gasteiger charge is -2.17. The molecule has 2 rings (SSSR count). The van der Waals surface area contributed by atoms with E-state index in [1.165, 1.54) is 38.5 Å². The Balaban J connectivity index is 2.16. The molecular weight excluding hydrogens is 448 g/mol. The molecule has 4 heteroatoms. The Bertz CT molecular complexity index is 832. The molecule has 0 saturated carbocycles. The molecule has 36 heavy (non-hydrogen) atoms. The van der Waals surface area contributed by atoms with Gasteiger partial charge in [0, 0.05) is 11.1 Å². The lowest BCUT2D eigenvalue weighted by Crippen LogP contribution is -2.11. The zero-order chi connectivity index (χ0) is 26.2. The summed E-state index contributed by atoms with van der Waals surface area (Å²) in [6.45, 7) is 10.5. The first-order valence-electron chi connectivity index (χ1n) is 13.9. The highest BCUT2D eigenvalue weighted by molar-refractivity contribution is 5.76. The maximum absolute atomic E-state index is 6.17. The molecule has 200 valence electrons. The topological polar surface area (TPSA) is 36.9 Å². The third-order valence-electron chi connectivity index (χ3n) is 6.90. The van der Waals surface area contributed by atoms with Crippen molar-refractivity contribution in [3.05, 3.63) is 47.5 Å². The molecule has 0 fully saturated rings. The van der Waals surface area contributed by atoms with Gasteiger partial charge in [-0.1, -0.05) is 78.4 Å². The van der Waals surface area contributed by atoms with Gasteiger partial charge in [0.1, 0.15) is 23.0 Å². The summed E-state index contributed by atoms with van der Waals surface area (Å²) >= 11 is 0. The maximum Gasteiger partial charge on any atom is 0.126 e. The Hall–Kier alpha value is -2.62. The zero-order valence-electron chi connectivity index (χ0n) is 23.5. The van der Waals surface area contributed by atoms with Crippen LogP contribution in [0.2, 0.25) is 0 Å². The quantitative estimate of drug-likeness (QED) is 0.193. The molecule has 0 aliphatic rings. The minimum Gasteiger partial charge on any atom is -0.496 e. The lowest BCUT2D eigenvalue weighted by molar-refractivity contribution is 0.233. The first kappa shape index (κ1) is 29.6. The fourth-order valence-electron chi connectivity index (χ4n) is 4.27. The Morgan fingerprint density at radius 1 is 0.639 bits per heavy atom. The maximum atomic E-state index is 6.17. The Morgan fingerprint density at radius 2 is 1.06 bits per heavy atom. The van der Waals surface area contributed by atoms with Crippen LogP contribution in [-0.2, 0) is 0 Å². The molecule has 4 nitrogen and oxygen atoms in total. The van der Waals surface area contributed by atoms with Gasteiger partial charge in [0.25, 0.3) is 0 Å². The van der Waals surface area contributed by atoms with Crippen LogP contribution in [0.25, 0.3) is 12.2 Å². The molecule has 0 saturated heterocycles. The van der Waals surface area contributed by atoms with Crippen molar-refractivity contribution >= 4 is 12.2 Å². The smallest absolute Gasteiger partial charge is 0.126 e. The number of methoxy groups -OCH3 is 2. The zero-order valence-corrected chi connectivity index (χ0v) is 23.5. The molecule has 2 aromatic carbocycles. The summed E-state index contributed by atoms with van der Waals surface area (Å²) in [6.07, 6.45) is 13.8. The average Bonchev–Trinajstić information content (AvgIpc) is 2.92. The number of rotatable bonds is 18. The van der Waals surface area contributed by atoms with Gasteiger partial charge in [-0.3, -0.25) is 0 Å². The average molecular weight is 497 g/mol. The molecule has 2 unspecified atom stereocenters. The van der Waals surface area contributed by atoms with Gasteiger partial charge in [-0.25, -0.2) is 0 Å². The molecule has 0 aliphatic heterocycles. The van der Waals surface area contributed by atoms with E-state index in [2.05, 4.69) is 39.8 Å². The van der Waals surface area contributed by atoms with Crippen LogP contribution >= 0.6 is 0 Å². The van der Waals surface area contributed by atoms with Crippen molar-refractivity contribution < 1.29 is 18.9 Å². The molecule has 0 amide bonds. The molecule has 0 aliphatic carbocycles. The van der Waals surface area contributed by atoms with E-state index in [4.69, 9.17) is 18.9 Å². The van der Waals surface area contributed by atoms with E-state index >= 15 is 0 Å². The van der Waals surface area contributed by atoms with Gasteiger partial charge in [0.15, 0.2) is 0 Å². The third kappa shape index (κ3) is 9.79.